The van der Waals surface area contributed by atoms with E-state index in [9.17, 15) is 0 Å². The molecule has 2 aromatic carbocycles. The van der Waals surface area contributed by atoms with E-state index >= 15 is 0 Å². The molecule has 0 N–H and O–H groups in total. The van der Waals surface area contributed by atoms with E-state index in [2.05, 4.69) is 53.6 Å². The molecule has 0 heterocycles. The van der Waals surface area contributed by atoms with Gasteiger partial charge in [0.15, 0.2) is 0 Å². The van der Waals surface area contributed by atoms with Crippen molar-refractivity contribution in [3.8, 4) is 0 Å². The Morgan fingerprint density at radius 2 is 1.71 bits per heavy atom. The minimum Gasteiger partial charge on any atom is -0.184 e. The number of azo groups is 1. The van der Waals surface area contributed by atoms with Gasteiger partial charge in [0.05, 0.1) is 12.2 Å². The average Bonchev–Trinajstić information content (AvgIpc) is 2.95. The Labute approximate surface area is 125 Å². The van der Waals surface area contributed by atoms with Crippen LogP contribution in [0.1, 0.15) is 24.5 Å². The van der Waals surface area contributed by atoms with E-state index in [0.29, 0.717) is 6.54 Å². The van der Waals surface area contributed by atoms with Crippen LogP contribution >= 0.6 is 0 Å². The fraction of sp³-hybridized carbons (Fsp3) is 0.158. The maximum Gasteiger partial charge on any atom is 0.0859 e. The van der Waals surface area contributed by atoms with Crippen LogP contribution in [0.15, 0.2) is 82.6 Å². The van der Waals surface area contributed by atoms with Crippen LogP contribution in [-0.4, -0.2) is 0 Å². The highest BCUT2D eigenvalue weighted by molar-refractivity contribution is 5.74. The lowest BCUT2D eigenvalue weighted by Crippen LogP contribution is -1.90. The van der Waals surface area contributed by atoms with Gasteiger partial charge in [0.2, 0.25) is 0 Å². The first-order valence-corrected chi connectivity index (χ1v) is 7.21. The highest BCUT2D eigenvalue weighted by Crippen LogP contribution is 2.29. The quantitative estimate of drug-likeness (QED) is 0.638. The van der Waals surface area contributed by atoms with Crippen LogP contribution in [-0.2, 0) is 6.54 Å². The molecule has 3 rings (SSSR count). The van der Waals surface area contributed by atoms with Gasteiger partial charge in [-0.25, -0.2) is 0 Å². The van der Waals surface area contributed by atoms with Gasteiger partial charge in [-0.2, -0.15) is 10.2 Å². The summed E-state index contributed by atoms with van der Waals surface area (Å²) in [5.41, 5.74) is 6.13. The molecule has 0 bridgehead atoms. The van der Waals surface area contributed by atoms with E-state index in [-0.39, 0.29) is 0 Å². The zero-order chi connectivity index (χ0) is 14.5. The number of hydrogen-bond donors (Lipinski definition) is 0. The van der Waals surface area contributed by atoms with Crippen molar-refractivity contribution in [3.63, 3.8) is 0 Å². The number of hydrogen-bond acceptors (Lipinski definition) is 2. The summed E-state index contributed by atoms with van der Waals surface area (Å²) < 4.78 is 0. The van der Waals surface area contributed by atoms with Gasteiger partial charge in [0, 0.05) is 0 Å². The summed E-state index contributed by atoms with van der Waals surface area (Å²) in [6.07, 6.45) is 5.53. The van der Waals surface area contributed by atoms with Gasteiger partial charge in [-0.1, -0.05) is 60.2 Å². The first-order chi connectivity index (χ1) is 10.3. The SMILES string of the molecule is CC1=CCC(c2ccccc2CN=Nc2ccccc2)=C1. The van der Waals surface area contributed by atoms with Crippen molar-refractivity contribution < 1.29 is 0 Å². The van der Waals surface area contributed by atoms with Crippen LogP contribution in [0.25, 0.3) is 5.57 Å². The highest BCUT2D eigenvalue weighted by Gasteiger charge is 2.09. The van der Waals surface area contributed by atoms with Crippen LogP contribution in [0.4, 0.5) is 5.69 Å². The van der Waals surface area contributed by atoms with Gasteiger partial charge in [0.25, 0.3) is 0 Å². The lowest BCUT2D eigenvalue weighted by molar-refractivity contribution is 0.954. The molecule has 21 heavy (non-hydrogen) atoms. The summed E-state index contributed by atoms with van der Waals surface area (Å²) in [4.78, 5) is 0. The van der Waals surface area contributed by atoms with Crippen LogP contribution in [0.5, 0.6) is 0 Å². The Kier molecular flexibility index (Phi) is 4.06. The molecule has 1 aliphatic carbocycles. The molecular weight excluding hydrogens is 256 g/mol. The monoisotopic (exact) mass is 274 g/mol. The number of rotatable bonds is 4. The van der Waals surface area contributed by atoms with Gasteiger partial charge in [-0.3, -0.25) is 0 Å². The second-order valence-corrected chi connectivity index (χ2v) is 5.21. The Balaban J connectivity index is 1.77. The maximum atomic E-state index is 4.34. The van der Waals surface area contributed by atoms with Gasteiger partial charge in [0.1, 0.15) is 0 Å². The molecule has 2 aromatic rings. The summed E-state index contributed by atoms with van der Waals surface area (Å²) >= 11 is 0. The Hall–Kier alpha value is -2.48. The Bertz CT molecular complexity index is 709. The molecule has 0 saturated heterocycles. The largest absolute Gasteiger partial charge is 0.184 e. The summed E-state index contributed by atoms with van der Waals surface area (Å²) in [6, 6.07) is 18.3. The van der Waals surface area contributed by atoms with Gasteiger partial charge < -0.3 is 0 Å². The molecule has 0 aromatic heterocycles. The van der Waals surface area contributed by atoms with Crippen molar-refractivity contribution in [1.82, 2.24) is 0 Å². The van der Waals surface area contributed by atoms with E-state index in [0.717, 1.165) is 12.1 Å². The zero-order valence-electron chi connectivity index (χ0n) is 12.2. The van der Waals surface area contributed by atoms with Gasteiger partial charge in [-0.05, 0) is 42.2 Å². The average molecular weight is 274 g/mol. The first-order valence-electron chi connectivity index (χ1n) is 7.21. The van der Waals surface area contributed by atoms with E-state index in [4.69, 9.17) is 0 Å². The molecular formula is C19H18N2. The Morgan fingerprint density at radius 1 is 0.952 bits per heavy atom. The van der Waals surface area contributed by atoms with Crippen LogP contribution in [0.2, 0.25) is 0 Å². The molecule has 1 aliphatic rings. The molecule has 0 aliphatic heterocycles. The molecule has 0 amide bonds. The number of nitrogens with zero attached hydrogens (tertiary/aromatic N) is 2. The molecule has 2 heteroatoms. The van der Waals surface area contributed by atoms with Crippen molar-refractivity contribution in [2.24, 2.45) is 10.2 Å². The van der Waals surface area contributed by atoms with Crippen molar-refractivity contribution in [2.45, 2.75) is 19.9 Å². The van der Waals surface area contributed by atoms with E-state index in [1.807, 2.05) is 30.3 Å². The van der Waals surface area contributed by atoms with Crippen molar-refractivity contribution in [3.05, 3.63) is 83.4 Å². The van der Waals surface area contributed by atoms with Gasteiger partial charge >= 0.3 is 0 Å². The molecule has 2 nitrogen and oxygen atoms in total. The smallest absolute Gasteiger partial charge is 0.0859 e. The molecule has 104 valence electrons. The molecule has 0 fully saturated rings. The van der Waals surface area contributed by atoms with Gasteiger partial charge in [-0.15, -0.1) is 0 Å². The zero-order valence-corrected chi connectivity index (χ0v) is 12.2. The third-order valence-corrected chi connectivity index (χ3v) is 3.59. The van der Waals surface area contributed by atoms with E-state index < -0.39 is 0 Å². The third-order valence-electron chi connectivity index (χ3n) is 3.59. The van der Waals surface area contributed by atoms with Crippen molar-refractivity contribution in [2.75, 3.05) is 0 Å². The maximum absolute atomic E-state index is 4.34. The standard InChI is InChI=1S/C19H18N2/c1-15-11-12-16(13-15)19-10-6-5-7-17(19)14-20-21-18-8-3-2-4-9-18/h2-11,13H,12,14H2,1H3. The number of benzene rings is 2. The topological polar surface area (TPSA) is 24.7 Å². The normalized spacial score (nSPS) is 14.3. The third kappa shape index (κ3) is 3.34. The second kappa shape index (κ2) is 6.31. The lowest BCUT2D eigenvalue weighted by Gasteiger charge is -2.07. The molecule has 0 atom stereocenters. The first kappa shape index (κ1) is 13.5. The van der Waals surface area contributed by atoms with Crippen LogP contribution in [0, 0.1) is 0 Å². The summed E-state index contributed by atoms with van der Waals surface area (Å²) in [5, 5.41) is 8.62. The summed E-state index contributed by atoms with van der Waals surface area (Å²) in [5.74, 6) is 0. The highest BCUT2D eigenvalue weighted by atomic mass is 15.1. The molecule has 0 unspecified atom stereocenters. The fourth-order valence-corrected chi connectivity index (χ4v) is 2.51. The van der Waals surface area contributed by atoms with Crippen molar-refractivity contribution >= 4 is 11.3 Å². The van der Waals surface area contributed by atoms with Crippen LogP contribution < -0.4 is 0 Å². The lowest BCUT2D eigenvalue weighted by atomic mass is 9.99. The molecule has 0 radical (unpaired) electrons. The minimum atomic E-state index is 0.613. The second-order valence-electron chi connectivity index (χ2n) is 5.21. The predicted octanol–water partition coefficient (Wildman–Crippen LogP) is 5.70. The van der Waals surface area contributed by atoms with E-state index in [1.54, 1.807) is 0 Å². The number of allylic oxidation sites excluding steroid dienone is 4. The Morgan fingerprint density at radius 3 is 2.48 bits per heavy atom. The van der Waals surface area contributed by atoms with Crippen LogP contribution in [0.3, 0.4) is 0 Å². The summed E-state index contributed by atoms with van der Waals surface area (Å²) in [6.45, 7) is 2.76. The van der Waals surface area contributed by atoms with Crippen molar-refractivity contribution in [1.29, 1.82) is 0 Å². The molecule has 0 spiro atoms. The molecule has 0 saturated carbocycles. The van der Waals surface area contributed by atoms with E-state index in [1.165, 1.54) is 22.3 Å². The summed E-state index contributed by atoms with van der Waals surface area (Å²) in [7, 11) is 0. The fourth-order valence-electron chi connectivity index (χ4n) is 2.51. The predicted molar refractivity (Wildman–Crippen MR) is 87.5 cm³/mol. The minimum absolute atomic E-state index is 0.613.